The molecule has 7 rings (SSSR count). The smallest absolute Gasteiger partial charge is 0.136 e. The Hall–Kier alpha value is -4.50. The molecule has 0 unspecified atom stereocenters. The van der Waals surface area contributed by atoms with Gasteiger partial charge >= 0.3 is 0 Å². The first-order valence-electron chi connectivity index (χ1n) is 11.0. The molecule has 33 heavy (non-hydrogen) atoms. The summed E-state index contributed by atoms with van der Waals surface area (Å²) < 4.78 is 6.08. The van der Waals surface area contributed by atoms with Crippen LogP contribution in [0.5, 0.6) is 0 Å². The van der Waals surface area contributed by atoms with Crippen molar-refractivity contribution in [3.05, 3.63) is 109 Å². The van der Waals surface area contributed by atoms with Crippen molar-refractivity contribution in [2.75, 3.05) is 0 Å². The van der Waals surface area contributed by atoms with Crippen LogP contribution in [-0.4, -0.2) is 9.97 Å². The Balaban J connectivity index is 1.51. The molecule has 0 saturated heterocycles. The molecule has 0 saturated carbocycles. The summed E-state index contributed by atoms with van der Waals surface area (Å²) in [6.45, 7) is 0. The highest BCUT2D eigenvalue weighted by molar-refractivity contribution is 6.19. The summed E-state index contributed by atoms with van der Waals surface area (Å²) in [5.41, 5.74) is 7.50. The molecule has 0 amide bonds. The molecule has 3 nitrogen and oxygen atoms in total. The zero-order chi connectivity index (χ0) is 21.8. The van der Waals surface area contributed by atoms with Crippen molar-refractivity contribution in [2.24, 2.45) is 0 Å². The van der Waals surface area contributed by atoms with E-state index >= 15 is 0 Å². The van der Waals surface area contributed by atoms with Crippen LogP contribution in [0.25, 0.3) is 66.3 Å². The van der Waals surface area contributed by atoms with Gasteiger partial charge in [-0.3, -0.25) is 0 Å². The fourth-order valence-corrected chi connectivity index (χ4v) is 4.70. The molecule has 3 heteroatoms. The number of para-hydroxylation sites is 3. The van der Waals surface area contributed by atoms with Crippen molar-refractivity contribution in [3.8, 4) is 22.5 Å². The van der Waals surface area contributed by atoms with E-state index in [2.05, 4.69) is 54.6 Å². The van der Waals surface area contributed by atoms with Crippen molar-refractivity contribution >= 4 is 43.7 Å². The average molecular weight is 422 g/mol. The zero-order valence-corrected chi connectivity index (χ0v) is 17.7. The summed E-state index contributed by atoms with van der Waals surface area (Å²) in [5, 5.41) is 4.63. The minimum atomic E-state index is 0.888. The molecule has 7 aromatic rings. The minimum absolute atomic E-state index is 0.888. The highest BCUT2D eigenvalue weighted by Gasteiger charge is 2.15. The zero-order valence-electron chi connectivity index (χ0n) is 17.7. The maximum Gasteiger partial charge on any atom is 0.136 e. The highest BCUT2D eigenvalue weighted by atomic mass is 16.3. The van der Waals surface area contributed by atoms with Gasteiger partial charge in [0.05, 0.1) is 22.4 Å². The molecule has 0 spiro atoms. The Kier molecular flexibility index (Phi) is 3.84. The first-order valence-corrected chi connectivity index (χ1v) is 11.0. The fourth-order valence-electron chi connectivity index (χ4n) is 4.70. The van der Waals surface area contributed by atoms with Gasteiger partial charge in [0.1, 0.15) is 11.2 Å². The molecule has 5 aromatic carbocycles. The van der Waals surface area contributed by atoms with Crippen LogP contribution in [0.1, 0.15) is 0 Å². The van der Waals surface area contributed by atoms with Crippen molar-refractivity contribution in [3.63, 3.8) is 0 Å². The van der Waals surface area contributed by atoms with Gasteiger partial charge in [-0.2, -0.15) is 0 Å². The molecule has 2 heterocycles. The van der Waals surface area contributed by atoms with Gasteiger partial charge in [0.25, 0.3) is 0 Å². The number of hydrogen-bond acceptors (Lipinski definition) is 3. The Bertz CT molecular complexity index is 1820. The van der Waals surface area contributed by atoms with Gasteiger partial charge in [0.2, 0.25) is 0 Å². The molecule has 0 fully saturated rings. The molecule has 0 aliphatic heterocycles. The third-order valence-electron chi connectivity index (χ3n) is 6.25. The molecule has 2 aromatic heterocycles. The van der Waals surface area contributed by atoms with Crippen LogP contribution in [-0.2, 0) is 0 Å². The predicted molar refractivity (Wildman–Crippen MR) is 135 cm³/mol. The maximum atomic E-state index is 6.08. The fraction of sp³-hybridized carbons (Fsp3) is 0. The normalized spacial score (nSPS) is 11.6. The second-order valence-corrected chi connectivity index (χ2v) is 8.25. The standard InChI is InChI=1S/C30H18N2O/c1-2-8-19(9-3-1)29-30(32-25-12-6-5-11-24(25)31-29)21-14-16-22-20(18-21)15-17-27-28(22)23-10-4-7-13-26(23)33-27/h1-18H. The molecule has 0 atom stereocenters. The lowest BCUT2D eigenvalue weighted by Gasteiger charge is -2.11. The van der Waals surface area contributed by atoms with Crippen LogP contribution < -0.4 is 0 Å². The van der Waals surface area contributed by atoms with Gasteiger partial charge in [-0.25, -0.2) is 9.97 Å². The van der Waals surface area contributed by atoms with E-state index in [0.717, 1.165) is 60.9 Å². The number of benzene rings is 5. The molecule has 154 valence electrons. The number of fused-ring (bicyclic) bond motifs is 6. The third kappa shape index (κ3) is 2.83. The molecular formula is C30H18N2O. The van der Waals surface area contributed by atoms with E-state index < -0.39 is 0 Å². The molecule has 0 aliphatic rings. The predicted octanol–water partition coefficient (Wildman–Crippen LogP) is 8.02. The van der Waals surface area contributed by atoms with Gasteiger partial charge in [-0.15, -0.1) is 0 Å². The number of rotatable bonds is 2. The van der Waals surface area contributed by atoms with Gasteiger partial charge in [-0.05, 0) is 41.1 Å². The van der Waals surface area contributed by atoms with Gasteiger partial charge in [-0.1, -0.05) is 78.9 Å². The van der Waals surface area contributed by atoms with Crippen LogP contribution in [0.2, 0.25) is 0 Å². The summed E-state index contributed by atoms with van der Waals surface area (Å²) >= 11 is 0. The van der Waals surface area contributed by atoms with Crippen LogP contribution in [0, 0.1) is 0 Å². The van der Waals surface area contributed by atoms with Gasteiger partial charge in [0.15, 0.2) is 0 Å². The molecule has 0 aliphatic carbocycles. The summed E-state index contributed by atoms with van der Waals surface area (Å²) in [6, 6.07) is 37.2. The quantitative estimate of drug-likeness (QED) is 0.283. The van der Waals surface area contributed by atoms with E-state index in [0.29, 0.717) is 0 Å². The number of furan rings is 1. The Morgan fingerprint density at radius 3 is 2.00 bits per heavy atom. The Morgan fingerprint density at radius 1 is 0.485 bits per heavy atom. The summed E-state index contributed by atoms with van der Waals surface area (Å²) in [4.78, 5) is 10.1. The van der Waals surface area contributed by atoms with Crippen LogP contribution >= 0.6 is 0 Å². The van der Waals surface area contributed by atoms with Crippen LogP contribution in [0.4, 0.5) is 0 Å². The number of nitrogens with zero attached hydrogens (tertiary/aromatic N) is 2. The second kappa shape index (κ2) is 7.01. The topological polar surface area (TPSA) is 38.9 Å². The van der Waals surface area contributed by atoms with Crippen molar-refractivity contribution < 1.29 is 4.42 Å². The van der Waals surface area contributed by atoms with E-state index in [9.17, 15) is 0 Å². The Labute approximate surface area is 190 Å². The average Bonchev–Trinajstić information content (AvgIpc) is 3.27. The van der Waals surface area contributed by atoms with E-state index in [1.165, 1.54) is 5.39 Å². The lowest BCUT2D eigenvalue weighted by Crippen LogP contribution is -1.95. The summed E-state index contributed by atoms with van der Waals surface area (Å²) in [5.74, 6) is 0. The van der Waals surface area contributed by atoms with Gasteiger partial charge < -0.3 is 4.42 Å². The SMILES string of the molecule is c1ccc(-c2nc3ccccc3nc2-c2ccc3c(ccc4oc5ccccc5c43)c2)cc1. The van der Waals surface area contributed by atoms with E-state index in [1.54, 1.807) is 0 Å². The summed E-state index contributed by atoms with van der Waals surface area (Å²) in [7, 11) is 0. The number of hydrogen-bond donors (Lipinski definition) is 0. The van der Waals surface area contributed by atoms with E-state index in [-0.39, 0.29) is 0 Å². The molecule has 0 bridgehead atoms. The molecule has 0 radical (unpaired) electrons. The monoisotopic (exact) mass is 422 g/mol. The third-order valence-corrected chi connectivity index (χ3v) is 6.25. The summed E-state index contributed by atoms with van der Waals surface area (Å²) in [6.07, 6.45) is 0. The number of aromatic nitrogens is 2. The largest absolute Gasteiger partial charge is 0.456 e. The highest BCUT2D eigenvalue weighted by Crippen LogP contribution is 2.37. The molecular weight excluding hydrogens is 404 g/mol. The first kappa shape index (κ1) is 18.1. The lowest BCUT2D eigenvalue weighted by molar-refractivity contribution is 0.669. The van der Waals surface area contributed by atoms with E-state index in [4.69, 9.17) is 14.4 Å². The van der Waals surface area contributed by atoms with E-state index in [1.807, 2.05) is 54.6 Å². The van der Waals surface area contributed by atoms with Crippen molar-refractivity contribution in [1.29, 1.82) is 0 Å². The van der Waals surface area contributed by atoms with Crippen molar-refractivity contribution in [2.45, 2.75) is 0 Å². The van der Waals surface area contributed by atoms with Crippen LogP contribution in [0.15, 0.2) is 114 Å². The second-order valence-electron chi connectivity index (χ2n) is 8.25. The minimum Gasteiger partial charge on any atom is -0.456 e. The van der Waals surface area contributed by atoms with Crippen LogP contribution in [0.3, 0.4) is 0 Å². The Morgan fingerprint density at radius 2 is 1.18 bits per heavy atom. The first-order chi connectivity index (χ1) is 16.3. The lowest BCUT2D eigenvalue weighted by atomic mass is 9.98. The van der Waals surface area contributed by atoms with Crippen molar-refractivity contribution in [1.82, 2.24) is 9.97 Å². The van der Waals surface area contributed by atoms with Gasteiger partial charge in [0, 0.05) is 21.9 Å². The molecule has 0 N–H and O–H groups in total. The maximum absolute atomic E-state index is 6.08.